The van der Waals surface area contributed by atoms with Crippen LogP contribution >= 0.6 is 0 Å². The van der Waals surface area contributed by atoms with Crippen LogP contribution < -0.4 is 4.90 Å². The molecule has 1 saturated heterocycles. The zero-order valence-electron chi connectivity index (χ0n) is 13.8. The van der Waals surface area contributed by atoms with Gasteiger partial charge in [0.15, 0.2) is 0 Å². The summed E-state index contributed by atoms with van der Waals surface area (Å²) < 4.78 is 6.29. The summed E-state index contributed by atoms with van der Waals surface area (Å²) in [7, 11) is 4.16. The lowest BCUT2D eigenvalue weighted by Gasteiger charge is -2.47. The Morgan fingerprint density at radius 2 is 1.76 bits per heavy atom. The molecular weight excluding hydrogens is 258 g/mol. The quantitative estimate of drug-likeness (QED) is 0.752. The molecule has 1 aliphatic carbocycles. The van der Waals surface area contributed by atoms with E-state index in [0.29, 0.717) is 23.7 Å². The van der Waals surface area contributed by atoms with Crippen LogP contribution in [0.25, 0.3) is 0 Å². The molecule has 1 heterocycles. The predicted octanol–water partition coefficient (Wildman–Crippen LogP) is 4.29. The second-order valence-electron chi connectivity index (χ2n) is 7.06. The van der Waals surface area contributed by atoms with Crippen molar-refractivity contribution in [1.29, 1.82) is 0 Å². The molecule has 5 atom stereocenters. The molecule has 0 radical (unpaired) electrons. The third kappa shape index (κ3) is 2.50. The van der Waals surface area contributed by atoms with Crippen molar-refractivity contribution in [1.82, 2.24) is 0 Å². The van der Waals surface area contributed by atoms with E-state index in [2.05, 4.69) is 70.1 Å². The third-order valence-corrected chi connectivity index (χ3v) is 5.50. The highest BCUT2D eigenvalue weighted by Crippen LogP contribution is 2.49. The van der Waals surface area contributed by atoms with E-state index in [1.165, 1.54) is 16.8 Å². The van der Waals surface area contributed by atoms with E-state index in [1.54, 1.807) is 0 Å². The number of ether oxygens (including phenoxy) is 1. The van der Waals surface area contributed by atoms with Crippen LogP contribution in [-0.4, -0.2) is 20.7 Å². The molecule has 1 aromatic carbocycles. The molecule has 0 amide bonds. The summed E-state index contributed by atoms with van der Waals surface area (Å²) in [5.74, 6) is 2.56. The van der Waals surface area contributed by atoms with Crippen LogP contribution in [-0.2, 0) is 4.74 Å². The topological polar surface area (TPSA) is 12.5 Å². The van der Waals surface area contributed by atoms with Gasteiger partial charge in [-0.1, -0.05) is 37.6 Å². The van der Waals surface area contributed by atoms with Gasteiger partial charge in [0, 0.05) is 25.7 Å². The van der Waals surface area contributed by atoms with E-state index in [-0.39, 0.29) is 6.10 Å². The molecule has 0 N–H and O–H groups in total. The highest BCUT2D eigenvalue weighted by molar-refractivity contribution is 5.46. The Kier molecular flexibility index (Phi) is 3.83. The van der Waals surface area contributed by atoms with Gasteiger partial charge in [0.2, 0.25) is 0 Å². The number of hydrogen-bond donors (Lipinski definition) is 0. The lowest BCUT2D eigenvalue weighted by atomic mass is 9.64. The lowest BCUT2D eigenvalue weighted by molar-refractivity contribution is -0.0934. The van der Waals surface area contributed by atoms with Gasteiger partial charge in [0.25, 0.3) is 0 Å². The molecule has 2 bridgehead atoms. The Balaban J connectivity index is 1.90. The average molecular weight is 285 g/mol. The Labute approximate surface area is 128 Å². The Morgan fingerprint density at radius 1 is 1.10 bits per heavy atom. The Bertz CT molecular complexity index is 531. The summed E-state index contributed by atoms with van der Waals surface area (Å²) in [5.41, 5.74) is 4.07. The monoisotopic (exact) mass is 285 g/mol. The highest BCUT2D eigenvalue weighted by atomic mass is 16.5. The van der Waals surface area contributed by atoms with Gasteiger partial charge in [-0.05, 0) is 42.4 Å². The van der Waals surface area contributed by atoms with Gasteiger partial charge in [-0.3, -0.25) is 0 Å². The van der Waals surface area contributed by atoms with Crippen molar-refractivity contribution in [2.75, 3.05) is 25.6 Å². The minimum atomic E-state index is 0.219. The first kappa shape index (κ1) is 14.6. The van der Waals surface area contributed by atoms with Gasteiger partial charge in [-0.25, -0.2) is 0 Å². The van der Waals surface area contributed by atoms with E-state index < -0.39 is 0 Å². The lowest BCUT2D eigenvalue weighted by Crippen LogP contribution is -2.42. The van der Waals surface area contributed by atoms with Gasteiger partial charge < -0.3 is 9.64 Å². The van der Waals surface area contributed by atoms with Crippen LogP contribution in [0.2, 0.25) is 0 Å². The van der Waals surface area contributed by atoms with Crippen molar-refractivity contribution in [3.63, 3.8) is 0 Å². The van der Waals surface area contributed by atoms with Crippen molar-refractivity contribution in [3.8, 4) is 0 Å². The molecule has 1 fully saturated rings. The van der Waals surface area contributed by atoms with Crippen molar-refractivity contribution in [3.05, 3.63) is 41.5 Å². The zero-order chi connectivity index (χ0) is 15.1. The molecule has 0 aromatic heterocycles. The molecule has 21 heavy (non-hydrogen) atoms. The molecule has 1 aromatic rings. The van der Waals surface area contributed by atoms with Gasteiger partial charge in [-0.2, -0.15) is 0 Å². The van der Waals surface area contributed by atoms with E-state index in [4.69, 9.17) is 4.74 Å². The summed E-state index contributed by atoms with van der Waals surface area (Å²) in [6, 6.07) is 8.86. The van der Waals surface area contributed by atoms with Crippen molar-refractivity contribution in [2.45, 2.75) is 26.9 Å². The maximum absolute atomic E-state index is 6.29. The first-order valence-corrected chi connectivity index (χ1v) is 8.06. The predicted molar refractivity (Wildman–Crippen MR) is 88.5 cm³/mol. The molecule has 0 saturated carbocycles. The van der Waals surface area contributed by atoms with Gasteiger partial charge in [0.05, 0.1) is 12.7 Å². The van der Waals surface area contributed by atoms with Crippen LogP contribution in [0.5, 0.6) is 0 Å². The van der Waals surface area contributed by atoms with Crippen LogP contribution in [0.3, 0.4) is 0 Å². The summed E-state index contributed by atoms with van der Waals surface area (Å²) >= 11 is 0. The van der Waals surface area contributed by atoms with Crippen molar-refractivity contribution in [2.24, 2.45) is 23.7 Å². The average Bonchev–Trinajstić information content (AvgIpc) is 2.44. The number of benzene rings is 1. The Hall–Kier alpha value is -1.28. The fraction of sp³-hybridized carbons (Fsp3) is 0.579. The molecule has 0 spiro atoms. The summed E-state index contributed by atoms with van der Waals surface area (Å²) in [4.78, 5) is 2.14. The van der Waals surface area contributed by atoms with Crippen LogP contribution in [0.15, 0.2) is 35.9 Å². The number of rotatable bonds is 2. The second kappa shape index (κ2) is 5.49. The van der Waals surface area contributed by atoms with E-state index >= 15 is 0 Å². The van der Waals surface area contributed by atoms with E-state index in [1.807, 2.05) is 0 Å². The number of hydrogen-bond acceptors (Lipinski definition) is 2. The molecule has 0 unspecified atom stereocenters. The second-order valence-corrected chi connectivity index (χ2v) is 7.06. The van der Waals surface area contributed by atoms with Crippen LogP contribution in [0.1, 0.15) is 32.4 Å². The molecule has 1 aliphatic heterocycles. The van der Waals surface area contributed by atoms with Gasteiger partial charge in [-0.15, -0.1) is 0 Å². The smallest absolute Gasteiger partial charge is 0.0892 e. The van der Waals surface area contributed by atoms with Crippen molar-refractivity contribution < 1.29 is 4.74 Å². The molecule has 114 valence electrons. The maximum atomic E-state index is 6.29. The number of nitrogens with zero attached hydrogens (tertiary/aromatic N) is 1. The highest BCUT2D eigenvalue weighted by Gasteiger charge is 2.43. The Morgan fingerprint density at radius 3 is 2.38 bits per heavy atom. The molecule has 2 heteroatoms. The summed E-state index contributed by atoms with van der Waals surface area (Å²) in [5, 5.41) is 0. The van der Waals surface area contributed by atoms with Crippen LogP contribution in [0, 0.1) is 23.7 Å². The molecule has 2 aliphatic rings. The first-order chi connectivity index (χ1) is 9.99. The minimum absolute atomic E-state index is 0.219. The molecule has 3 rings (SSSR count). The van der Waals surface area contributed by atoms with Gasteiger partial charge in [0.1, 0.15) is 0 Å². The number of allylic oxidation sites excluding steroid dienone is 1. The zero-order valence-corrected chi connectivity index (χ0v) is 13.8. The SMILES string of the molecule is CC1=C[C@H](C)[C@@H]2CO[C@@H](c3ccc(N(C)C)cc3)[C@@H]1[C@H]2C. The van der Waals surface area contributed by atoms with E-state index in [0.717, 1.165) is 6.61 Å². The van der Waals surface area contributed by atoms with Crippen LogP contribution in [0.4, 0.5) is 5.69 Å². The number of anilines is 1. The summed E-state index contributed by atoms with van der Waals surface area (Å²) in [6.45, 7) is 7.91. The molecular formula is C19H27NO. The molecule has 2 nitrogen and oxygen atoms in total. The fourth-order valence-electron chi connectivity index (χ4n) is 4.21. The third-order valence-electron chi connectivity index (χ3n) is 5.50. The fourth-order valence-corrected chi connectivity index (χ4v) is 4.21. The number of fused-ring (bicyclic) bond motifs is 2. The van der Waals surface area contributed by atoms with Gasteiger partial charge >= 0.3 is 0 Å². The largest absolute Gasteiger partial charge is 0.378 e. The standard InChI is InChI=1S/C19H27NO/c1-12-10-13(2)18-14(3)17(12)11-21-19(18)15-6-8-16(9-7-15)20(4)5/h6-10,12,14,17-19H,11H2,1-5H3/t12-,14-,17-,18-,19-/m0/s1. The first-order valence-electron chi connectivity index (χ1n) is 8.06. The van der Waals surface area contributed by atoms with E-state index in [9.17, 15) is 0 Å². The van der Waals surface area contributed by atoms with Crippen molar-refractivity contribution >= 4 is 5.69 Å². The minimum Gasteiger partial charge on any atom is -0.378 e. The maximum Gasteiger partial charge on any atom is 0.0892 e. The normalized spacial score (nSPS) is 35.3. The summed E-state index contributed by atoms with van der Waals surface area (Å²) in [6.07, 6.45) is 2.69.